The van der Waals surface area contributed by atoms with E-state index in [0.717, 1.165) is 5.52 Å². The topological polar surface area (TPSA) is 58.0 Å². The maximum atomic E-state index is 12.3. The first-order chi connectivity index (χ1) is 12.2. The van der Waals surface area contributed by atoms with Crippen LogP contribution in [0.3, 0.4) is 0 Å². The molecule has 1 amide bonds. The highest BCUT2D eigenvalue weighted by atomic mass is 79.9. The maximum absolute atomic E-state index is 12.3. The van der Waals surface area contributed by atoms with Gasteiger partial charge in [-0.2, -0.15) is 0 Å². The van der Waals surface area contributed by atoms with Crippen molar-refractivity contribution < 1.29 is 9.21 Å². The van der Waals surface area contributed by atoms with Gasteiger partial charge in [0.2, 0.25) is 0 Å². The number of amides is 1. The molecule has 126 valence electrons. The number of nitrogens with one attached hydrogen (secondary N) is 2. The number of aromatic amines is 1. The normalized spacial score (nSPS) is 12.4. The van der Waals surface area contributed by atoms with Crippen molar-refractivity contribution in [2.24, 2.45) is 0 Å². The molecule has 2 N–H and O–H groups in total. The van der Waals surface area contributed by atoms with Crippen LogP contribution in [0.5, 0.6) is 0 Å². The molecule has 0 fully saturated rings. The monoisotopic (exact) mass is 414 g/mol. The second-order valence-corrected chi connectivity index (χ2v) is 7.43. The molecule has 25 heavy (non-hydrogen) atoms. The van der Waals surface area contributed by atoms with Crippen LogP contribution >= 0.6 is 27.3 Å². The molecular formula is C19H15BrN2O2S. The van der Waals surface area contributed by atoms with Gasteiger partial charge < -0.3 is 14.7 Å². The third kappa shape index (κ3) is 3.27. The SMILES string of the molecule is O=C(NCC(c1cccs1)c1c[nH]c2ccccc12)c1ccc(Br)o1. The molecule has 0 aliphatic carbocycles. The second kappa shape index (κ2) is 6.90. The van der Waals surface area contributed by atoms with E-state index in [9.17, 15) is 4.79 Å². The smallest absolute Gasteiger partial charge is 0.287 e. The summed E-state index contributed by atoms with van der Waals surface area (Å²) in [7, 11) is 0. The molecule has 4 nitrogen and oxygen atoms in total. The summed E-state index contributed by atoms with van der Waals surface area (Å²) in [6.07, 6.45) is 2.03. The molecule has 0 aliphatic heterocycles. The summed E-state index contributed by atoms with van der Waals surface area (Å²) in [6.45, 7) is 0.500. The Hall–Kier alpha value is -2.31. The number of hydrogen-bond donors (Lipinski definition) is 2. The third-order valence-corrected chi connectivity index (χ3v) is 5.56. The number of furan rings is 1. The van der Waals surface area contributed by atoms with Crippen molar-refractivity contribution in [2.75, 3.05) is 6.54 Å². The van der Waals surface area contributed by atoms with Crippen molar-refractivity contribution in [3.05, 3.63) is 81.0 Å². The van der Waals surface area contributed by atoms with Gasteiger partial charge in [0.15, 0.2) is 10.4 Å². The van der Waals surface area contributed by atoms with E-state index in [4.69, 9.17) is 4.42 Å². The van der Waals surface area contributed by atoms with Gasteiger partial charge in [-0.25, -0.2) is 0 Å². The van der Waals surface area contributed by atoms with Gasteiger partial charge in [-0.15, -0.1) is 11.3 Å². The molecule has 3 heterocycles. The van der Waals surface area contributed by atoms with E-state index in [1.165, 1.54) is 15.8 Å². The Morgan fingerprint density at radius 1 is 1.20 bits per heavy atom. The number of para-hydroxylation sites is 1. The van der Waals surface area contributed by atoms with Crippen molar-refractivity contribution in [3.8, 4) is 0 Å². The lowest BCUT2D eigenvalue weighted by Gasteiger charge is -2.16. The minimum absolute atomic E-state index is 0.0819. The minimum Gasteiger partial charge on any atom is -0.444 e. The predicted octanol–water partition coefficient (Wildman–Crippen LogP) is 5.15. The van der Waals surface area contributed by atoms with Gasteiger partial charge in [-0.1, -0.05) is 24.3 Å². The van der Waals surface area contributed by atoms with Crippen molar-refractivity contribution in [1.82, 2.24) is 10.3 Å². The lowest BCUT2D eigenvalue weighted by atomic mass is 9.96. The van der Waals surface area contributed by atoms with E-state index >= 15 is 0 Å². The van der Waals surface area contributed by atoms with Gasteiger partial charge >= 0.3 is 0 Å². The Balaban J connectivity index is 1.62. The summed E-state index contributed by atoms with van der Waals surface area (Å²) in [5.74, 6) is 0.168. The molecule has 0 saturated heterocycles. The highest BCUT2D eigenvalue weighted by Gasteiger charge is 2.21. The van der Waals surface area contributed by atoms with E-state index in [1.807, 2.05) is 24.4 Å². The standard InChI is InChI=1S/C19H15BrN2O2S/c20-18-8-7-16(24-18)19(23)22-11-14(17-6-3-9-25-17)13-10-21-15-5-2-1-4-12(13)15/h1-10,14,21H,11H2,(H,22,23). The number of fused-ring (bicyclic) bond motifs is 1. The Bertz CT molecular complexity index is 1000. The number of carbonyl (C=O) groups is 1. The molecule has 0 spiro atoms. The molecule has 0 radical (unpaired) electrons. The average molecular weight is 415 g/mol. The van der Waals surface area contributed by atoms with Crippen LogP contribution in [-0.4, -0.2) is 17.4 Å². The zero-order valence-corrected chi connectivity index (χ0v) is 15.6. The number of aromatic nitrogens is 1. The Kier molecular flexibility index (Phi) is 4.46. The number of halogens is 1. The van der Waals surface area contributed by atoms with Crippen LogP contribution < -0.4 is 5.32 Å². The van der Waals surface area contributed by atoms with Crippen molar-refractivity contribution >= 4 is 44.1 Å². The first-order valence-electron chi connectivity index (χ1n) is 7.85. The summed E-state index contributed by atoms with van der Waals surface area (Å²) >= 11 is 4.91. The van der Waals surface area contributed by atoms with Crippen LogP contribution in [0, 0.1) is 0 Å². The van der Waals surface area contributed by atoms with Crippen LogP contribution in [0.15, 0.2) is 69.2 Å². The fraction of sp³-hybridized carbons (Fsp3) is 0.105. The molecule has 3 aromatic heterocycles. The van der Waals surface area contributed by atoms with Crippen LogP contribution in [0.1, 0.15) is 26.9 Å². The number of benzene rings is 1. The van der Waals surface area contributed by atoms with Gasteiger partial charge in [0.1, 0.15) is 0 Å². The molecule has 1 aromatic carbocycles. The van der Waals surface area contributed by atoms with E-state index in [0.29, 0.717) is 17.0 Å². The maximum Gasteiger partial charge on any atom is 0.287 e. The van der Waals surface area contributed by atoms with Gasteiger partial charge in [-0.05, 0) is 51.1 Å². The Labute approximate surface area is 157 Å². The molecule has 4 rings (SSSR count). The Morgan fingerprint density at radius 3 is 2.84 bits per heavy atom. The summed E-state index contributed by atoms with van der Waals surface area (Å²) < 4.78 is 5.88. The molecular weight excluding hydrogens is 400 g/mol. The first-order valence-corrected chi connectivity index (χ1v) is 9.52. The summed E-state index contributed by atoms with van der Waals surface area (Å²) in [4.78, 5) is 16.9. The van der Waals surface area contributed by atoms with Crippen molar-refractivity contribution in [1.29, 1.82) is 0 Å². The van der Waals surface area contributed by atoms with Crippen LogP contribution in [0.25, 0.3) is 10.9 Å². The second-order valence-electron chi connectivity index (χ2n) is 5.67. The van der Waals surface area contributed by atoms with Crippen molar-refractivity contribution in [2.45, 2.75) is 5.92 Å². The van der Waals surface area contributed by atoms with Gasteiger partial charge in [0.25, 0.3) is 5.91 Å². The van der Waals surface area contributed by atoms with Gasteiger partial charge in [0.05, 0.1) is 0 Å². The van der Waals surface area contributed by atoms with E-state index in [2.05, 4.69) is 49.8 Å². The van der Waals surface area contributed by atoms with E-state index < -0.39 is 0 Å². The Morgan fingerprint density at radius 2 is 2.08 bits per heavy atom. The molecule has 6 heteroatoms. The lowest BCUT2D eigenvalue weighted by Crippen LogP contribution is -2.28. The number of H-pyrrole nitrogens is 1. The van der Waals surface area contributed by atoms with Gasteiger partial charge in [0, 0.05) is 34.4 Å². The lowest BCUT2D eigenvalue weighted by molar-refractivity contribution is 0.0923. The quantitative estimate of drug-likeness (QED) is 0.474. The average Bonchev–Trinajstić information content (AvgIpc) is 3.36. The highest BCUT2D eigenvalue weighted by Crippen LogP contribution is 2.32. The zero-order valence-electron chi connectivity index (χ0n) is 13.2. The summed E-state index contributed by atoms with van der Waals surface area (Å²) in [6, 6.07) is 15.7. The van der Waals surface area contributed by atoms with E-state index in [-0.39, 0.29) is 11.8 Å². The van der Waals surface area contributed by atoms with Crippen molar-refractivity contribution in [3.63, 3.8) is 0 Å². The predicted molar refractivity (Wildman–Crippen MR) is 103 cm³/mol. The number of rotatable bonds is 5. The van der Waals surface area contributed by atoms with Crippen LogP contribution in [0.2, 0.25) is 0 Å². The number of carbonyl (C=O) groups excluding carboxylic acids is 1. The molecule has 4 aromatic rings. The fourth-order valence-electron chi connectivity index (χ4n) is 2.95. The number of hydrogen-bond acceptors (Lipinski definition) is 3. The molecule has 0 bridgehead atoms. The minimum atomic E-state index is -0.216. The molecule has 0 aliphatic rings. The summed E-state index contributed by atoms with van der Waals surface area (Å²) in [5.41, 5.74) is 2.28. The van der Waals surface area contributed by atoms with Crippen LogP contribution in [0.4, 0.5) is 0 Å². The zero-order chi connectivity index (χ0) is 17.2. The number of thiophene rings is 1. The molecule has 0 saturated carbocycles. The largest absolute Gasteiger partial charge is 0.444 e. The molecule has 1 unspecified atom stereocenters. The fourth-order valence-corrected chi connectivity index (χ4v) is 4.11. The third-order valence-electron chi connectivity index (χ3n) is 4.15. The van der Waals surface area contributed by atoms with Gasteiger partial charge in [-0.3, -0.25) is 4.79 Å². The van der Waals surface area contributed by atoms with E-state index in [1.54, 1.807) is 23.5 Å². The molecule has 1 atom stereocenters. The first kappa shape index (κ1) is 16.2. The summed E-state index contributed by atoms with van der Waals surface area (Å²) in [5, 5.41) is 6.23. The van der Waals surface area contributed by atoms with Crippen LogP contribution in [-0.2, 0) is 0 Å². The highest BCUT2D eigenvalue weighted by molar-refractivity contribution is 9.10.